The van der Waals surface area contributed by atoms with Gasteiger partial charge in [-0.05, 0) is 23.6 Å². The highest BCUT2D eigenvalue weighted by atomic mass is 35.5. The number of piperidine rings is 1. The lowest BCUT2D eigenvalue weighted by Gasteiger charge is -2.33. The number of carbonyl (C=O) groups excluding carboxylic acids is 2. The summed E-state index contributed by atoms with van der Waals surface area (Å²) in [7, 11) is 0. The van der Waals surface area contributed by atoms with E-state index in [-0.39, 0.29) is 29.6 Å². The third-order valence-corrected chi connectivity index (χ3v) is 4.23. The number of rotatable bonds is 2. The molecule has 1 aliphatic heterocycles. The molecule has 1 N–H and O–H groups in total. The van der Waals surface area contributed by atoms with Crippen LogP contribution in [0.5, 0.6) is 0 Å². The van der Waals surface area contributed by atoms with Crippen molar-refractivity contribution in [2.75, 3.05) is 0 Å². The Morgan fingerprint density at radius 3 is 2.47 bits per heavy atom. The Kier molecular flexibility index (Phi) is 4.16. The van der Waals surface area contributed by atoms with Crippen molar-refractivity contribution < 1.29 is 9.59 Å². The topological polar surface area (TPSA) is 46.2 Å². The maximum atomic E-state index is 12.0. The predicted molar refractivity (Wildman–Crippen MR) is 75.3 cm³/mol. The van der Waals surface area contributed by atoms with Crippen LogP contribution in [0.2, 0.25) is 10.0 Å². The summed E-state index contributed by atoms with van der Waals surface area (Å²) in [6.45, 7) is 3.95. The molecule has 1 heterocycles. The number of halogens is 2. The second-order valence-electron chi connectivity index (χ2n) is 5.17. The smallest absolute Gasteiger partial charge is 0.230 e. The molecule has 0 aliphatic carbocycles. The molecule has 2 rings (SSSR count). The Bertz CT molecular complexity index is 528. The first-order valence-electron chi connectivity index (χ1n) is 6.18. The number of imide groups is 1. The van der Waals surface area contributed by atoms with E-state index in [2.05, 4.69) is 5.32 Å². The quantitative estimate of drug-likeness (QED) is 0.851. The van der Waals surface area contributed by atoms with Crippen LogP contribution in [0.4, 0.5) is 0 Å². The van der Waals surface area contributed by atoms with Crippen molar-refractivity contribution in [1.29, 1.82) is 0 Å². The van der Waals surface area contributed by atoms with Crippen molar-refractivity contribution in [3.05, 3.63) is 33.8 Å². The highest BCUT2D eigenvalue weighted by molar-refractivity contribution is 6.42. The number of nitrogens with one attached hydrogen (secondary N) is 1. The molecule has 1 aromatic carbocycles. The zero-order valence-electron chi connectivity index (χ0n) is 10.7. The van der Waals surface area contributed by atoms with Crippen LogP contribution in [0.1, 0.15) is 31.7 Å². The third kappa shape index (κ3) is 2.93. The van der Waals surface area contributed by atoms with Gasteiger partial charge in [-0.1, -0.05) is 43.1 Å². The van der Waals surface area contributed by atoms with Crippen molar-refractivity contribution in [2.45, 2.75) is 26.2 Å². The maximum absolute atomic E-state index is 12.0. The molecule has 0 bridgehead atoms. The first kappa shape index (κ1) is 14.4. The Labute approximate surface area is 122 Å². The van der Waals surface area contributed by atoms with Crippen LogP contribution in [0.15, 0.2) is 18.2 Å². The van der Waals surface area contributed by atoms with E-state index in [1.807, 2.05) is 19.9 Å². The van der Waals surface area contributed by atoms with Gasteiger partial charge in [-0.3, -0.25) is 14.9 Å². The number of carbonyl (C=O) groups is 2. The van der Waals surface area contributed by atoms with Gasteiger partial charge in [0.15, 0.2) is 0 Å². The monoisotopic (exact) mass is 299 g/mol. The van der Waals surface area contributed by atoms with Gasteiger partial charge < -0.3 is 0 Å². The van der Waals surface area contributed by atoms with Gasteiger partial charge in [-0.25, -0.2) is 0 Å². The zero-order chi connectivity index (χ0) is 14.2. The van der Waals surface area contributed by atoms with E-state index in [1.165, 1.54) is 0 Å². The summed E-state index contributed by atoms with van der Waals surface area (Å²) in [5, 5.41) is 3.31. The highest BCUT2D eigenvalue weighted by Gasteiger charge is 2.38. The van der Waals surface area contributed by atoms with E-state index in [0.29, 0.717) is 16.5 Å². The molecule has 1 aromatic rings. The van der Waals surface area contributed by atoms with Gasteiger partial charge in [0, 0.05) is 18.3 Å². The molecule has 2 amide bonds. The predicted octanol–water partition coefficient (Wildman–Crippen LogP) is 3.40. The average Bonchev–Trinajstić information content (AvgIpc) is 2.31. The lowest BCUT2D eigenvalue weighted by molar-refractivity contribution is -0.138. The summed E-state index contributed by atoms with van der Waals surface area (Å²) in [4.78, 5) is 23.6. The largest absolute Gasteiger partial charge is 0.296 e. The summed E-state index contributed by atoms with van der Waals surface area (Å²) in [5.74, 6) is -0.668. The first-order chi connectivity index (χ1) is 8.90. The summed E-state index contributed by atoms with van der Waals surface area (Å²) >= 11 is 11.9. The fourth-order valence-corrected chi connectivity index (χ4v) is 2.92. The van der Waals surface area contributed by atoms with Crippen molar-refractivity contribution >= 4 is 35.0 Å². The molecule has 2 unspecified atom stereocenters. The lowest BCUT2D eigenvalue weighted by Crippen LogP contribution is -2.46. The van der Waals surface area contributed by atoms with Crippen LogP contribution in [-0.4, -0.2) is 11.8 Å². The fraction of sp³-hybridized carbons (Fsp3) is 0.429. The standard InChI is InChI=1S/C14H15Cl2NO2/c1-7(2)13-9(6-12(18)17-14(13)19)8-3-4-10(15)11(16)5-8/h3-5,7,9,13H,6H2,1-2H3,(H,17,18,19). The van der Waals surface area contributed by atoms with Crippen molar-refractivity contribution in [2.24, 2.45) is 11.8 Å². The number of amides is 2. The molecular weight excluding hydrogens is 285 g/mol. The first-order valence-corrected chi connectivity index (χ1v) is 6.94. The molecule has 3 nitrogen and oxygen atoms in total. The maximum Gasteiger partial charge on any atom is 0.230 e. The Balaban J connectivity index is 2.40. The summed E-state index contributed by atoms with van der Waals surface area (Å²) in [6.07, 6.45) is 0.298. The SMILES string of the molecule is CC(C)C1C(=O)NC(=O)CC1c1ccc(Cl)c(Cl)c1. The highest BCUT2D eigenvalue weighted by Crippen LogP contribution is 2.37. The van der Waals surface area contributed by atoms with E-state index >= 15 is 0 Å². The minimum atomic E-state index is -0.238. The minimum absolute atomic E-state index is 0.143. The van der Waals surface area contributed by atoms with E-state index in [0.717, 1.165) is 5.56 Å². The molecule has 1 aliphatic rings. The van der Waals surface area contributed by atoms with E-state index in [9.17, 15) is 9.59 Å². The van der Waals surface area contributed by atoms with Crippen LogP contribution in [0.25, 0.3) is 0 Å². The van der Waals surface area contributed by atoms with E-state index < -0.39 is 0 Å². The van der Waals surface area contributed by atoms with E-state index in [4.69, 9.17) is 23.2 Å². The van der Waals surface area contributed by atoms with Crippen molar-refractivity contribution in [3.8, 4) is 0 Å². The summed E-state index contributed by atoms with van der Waals surface area (Å²) in [6, 6.07) is 5.28. The summed E-state index contributed by atoms with van der Waals surface area (Å²) in [5.41, 5.74) is 0.885. The molecule has 1 saturated heterocycles. The molecule has 19 heavy (non-hydrogen) atoms. The molecule has 0 aromatic heterocycles. The minimum Gasteiger partial charge on any atom is -0.296 e. The van der Waals surface area contributed by atoms with Crippen LogP contribution in [0, 0.1) is 11.8 Å². The van der Waals surface area contributed by atoms with Crippen molar-refractivity contribution in [1.82, 2.24) is 5.32 Å². The molecule has 5 heteroatoms. The zero-order valence-corrected chi connectivity index (χ0v) is 12.3. The second kappa shape index (κ2) is 5.51. The number of benzene rings is 1. The molecule has 1 fully saturated rings. The van der Waals surface area contributed by atoms with Crippen LogP contribution in [0.3, 0.4) is 0 Å². The molecule has 102 valence electrons. The van der Waals surface area contributed by atoms with Gasteiger partial charge in [-0.15, -0.1) is 0 Å². The van der Waals surface area contributed by atoms with Gasteiger partial charge in [0.05, 0.1) is 10.0 Å². The van der Waals surface area contributed by atoms with Crippen LogP contribution in [-0.2, 0) is 9.59 Å². The normalized spacial score (nSPS) is 23.6. The summed E-state index contributed by atoms with van der Waals surface area (Å²) < 4.78 is 0. The van der Waals surface area contributed by atoms with Gasteiger partial charge >= 0.3 is 0 Å². The molecule has 2 atom stereocenters. The van der Waals surface area contributed by atoms with Gasteiger partial charge in [0.1, 0.15) is 0 Å². The fourth-order valence-electron chi connectivity index (χ4n) is 2.62. The van der Waals surface area contributed by atoms with Gasteiger partial charge in [-0.2, -0.15) is 0 Å². The van der Waals surface area contributed by atoms with Crippen LogP contribution >= 0.6 is 23.2 Å². The average molecular weight is 300 g/mol. The van der Waals surface area contributed by atoms with Gasteiger partial charge in [0.2, 0.25) is 11.8 Å². The van der Waals surface area contributed by atoms with E-state index in [1.54, 1.807) is 12.1 Å². The van der Waals surface area contributed by atoms with Crippen molar-refractivity contribution in [3.63, 3.8) is 0 Å². The van der Waals surface area contributed by atoms with Crippen LogP contribution < -0.4 is 5.32 Å². The lowest BCUT2D eigenvalue weighted by atomic mass is 9.75. The Morgan fingerprint density at radius 2 is 1.89 bits per heavy atom. The Hall–Kier alpha value is -1.06. The molecular formula is C14H15Cl2NO2. The van der Waals surface area contributed by atoms with Gasteiger partial charge in [0.25, 0.3) is 0 Å². The molecule has 0 spiro atoms. The molecule has 0 radical (unpaired) electrons. The number of hydrogen-bond donors (Lipinski definition) is 1. The number of hydrogen-bond acceptors (Lipinski definition) is 2. The Morgan fingerprint density at radius 1 is 1.21 bits per heavy atom. The third-order valence-electron chi connectivity index (χ3n) is 3.49. The second-order valence-corrected chi connectivity index (χ2v) is 5.98. The molecule has 0 saturated carbocycles.